The first kappa shape index (κ1) is 20.4. The molecule has 8 heteroatoms. The molecule has 1 amide bonds. The Morgan fingerprint density at radius 2 is 1.86 bits per heavy atom. The predicted molar refractivity (Wildman–Crippen MR) is 107 cm³/mol. The molecule has 0 saturated carbocycles. The summed E-state index contributed by atoms with van der Waals surface area (Å²) in [6.07, 6.45) is 2.24. The number of piperazine rings is 1. The molecule has 2 saturated heterocycles. The van der Waals surface area contributed by atoms with Gasteiger partial charge in [0, 0.05) is 45.8 Å². The number of hydrogen-bond acceptors (Lipinski definition) is 4. The number of nitrogens with zero attached hydrogens (tertiary/aromatic N) is 4. The number of halogens is 1. The maximum absolute atomic E-state index is 13.5. The quantitative estimate of drug-likeness (QED) is 0.584. The molecule has 3 rings (SSSR count). The van der Waals surface area contributed by atoms with Crippen molar-refractivity contribution in [1.82, 2.24) is 20.0 Å². The Bertz CT molecular complexity index is 698. The largest absolute Gasteiger partial charge is 0.505 e. The maximum Gasteiger partial charge on any atom is 0.236 e. The van der Waals surface area contributed by atoms with E-state index in [2.05, 4.69) is 20.1 Å². The smallest absolute Gasteiger partial charge is 0.236 e. The van der Waals surface area contributed by atoms with Crippen molar-refractivity contribution in [3.63, 3.8) is 0 Å². The molecule has 0 aliphatic carbocycles. The van der Waals surface area contributed by atoms with E-state index in [1.54, 1.807) is 6.07 Å². The van der Waals surface area contributed by atoms with Crippen molar-refractivity contribution in [3.05, 3.63) is 29.6 Å². The normalized spacial score (nSPS) is 18.6. The lowest BCUT2D eigenvalue weighted by atomic mass is 10.2. The van der Waals surface area contributed by atoms with Crippen molar-refractivity contribution in [2.75, 3.05) is 52.4 Å². The molecule has 0 atom stereocenters. The standard InChI is InChI=1S/C20H30FN5O2/c1-2-22-20(23-14-16-5-6-18(27)17(21)13-16)26-11-9-24(10-12-26)15-19(28)25-7-3-4-8-25/h5-6,13,27H,2-4,7-12,14-15H2,1H3,(H,22,23). The molecule has 0 spiro atoms. The SMILES string of the molecule is CCNC(=NCc1ccc(O)c(F)c1)N1CCN(CC(=O)N2CCCC2)CC1. The van der Waals surface area contributed by atoms with Crippen molar-refractivity contribution in [1.29, 1.82) is 0 Å². The second-order valence-corrected chi connectivity index (χ2v) is 7.31. The lowest BCUT2D eigenvalue weighted by Gasteiger charge is -2.36. The van der Waals surface area contributed by atoms with Gasteiger partial charge in [-0.1, -0.05) is 6.07 Å². The van der Waals surface area contributed by atoms with Crippen LogP contribution in [0.25, 0.3) is 0 Å². The Morgan fingerprint density at radius 1 is 1.14 bits per heavy atom. The lowest BCUT2D eigenvalue weighted by Crippen LogP contribution is -2.54. The minimum atomic E-state index is -0.631. The Balaban J connectivity index is 1.53. The van der Waals surface area contributed by atoms with E-state index >= 15 is 0 Å². The highest BCUT2D eigenvalue weighted by atomic mass is 19.1. The van der Waals surface area contributed by atoms with Crippen LogP contribution in [0.1, 0.15) is 25.3 Å². The van der Waals surface area contributed by atoms with Crippen LogP contribution in [-0.4, -0.2) is 84.0 Å². The van der Waals surface area contributed by atoms with Crippen LogP contribution in [0, 0.1) is 5.82 Å². The number of nitrogens with one attached hydrogen (secondary N) is 1. The third-order valence-corrected chi connectivity index (χ3v) is 5.25. The summed E-state index contributed by atoms with van der Waals surface area (Å²) in [6.45, 7) is 8.61. The van der Waals surface area contributed by atoms with E-state index in [-0.39, 0.29) is 11.7 Å². The molecule has 0 radical (unpaired) electrons. The molecule has 28 heavy (non-hydrogen) atoms. The Labute approximate surface area is 165 Å². The highest BCUT2D eigenvalue weighted by molar-refractivity contribution is 5.80. The van der Waals surface area contributed by atoms with E-state index in [0.717, 1.165) is 64.6 Å². The fourth-order valence-electron chi connectivity index (χ4n) is 3.62. The number of aromatic hydroxyl groups is 1. The number of carbonyl (C=O) groups excluding carboxylic acids is 1. The predicted octanol–water partition coefficient (Wildman–Crippen LogP) is 1.24. The molecule has 2 fully saturated rings. The molecule has 1 aromatic carbocycles. The zero-order valence-electron chi connectivity index (χ0n) is 16.5. The van der Waals surface area contributed by atoms with Gasteiger partial charge < -0.3 is 20.2 Å². The summed E-state index contributed by atoms with van der Waals surface area (Å²) in [5, 5.41) is 12.6. The number of aliphatic imine (C=N–C) groups is 1. The first-order chi connectivity index (χ1) is 13.6. The number of rotatable bonds is 5. The van der Waals surface area contributed by atoms with Gasteiger partial charge in [-0.2, -0.15) is 0 Å². The molecule has 0 aromatic heterocycles. The van der Waals surface area contributed by atoms with Gasteiger partial charge in [-0.15, -0.1) is 0 Å². The molecular formula is C20H30FN5O2. The Kier molecular flexibility index (Phi) is 7.08. The number of guanidine groups is 1. The van der Waals surface area contributed by atoms with Gasteiger partial charge in [0.2, 0.25) is 5.91 Å². The third kappa shape index (κ3) is 5.34. The third-order valence-electron chi connectivity index (χ3n) is 5.25. The highest BCUT2D eigenvalue weighted by Crippen LogP contribution is 2.17. The van der Waals surface area contributed by atoms with Crippen LogP contribution < -0.4 is 5.32 Å². The number of phenolic OH excluding ortho intramolecular Hbond substituents is 1. The average molecular weight is 391 g/mol. The van der Waals surface area contributed by atoms with Crippen LogP contribution in [0.2, 0.25) is 0 Å². The van der Waals surface area contributed by atoms with Crippen LogP contribution >= 0.6 is 0 Å². The molecule has 7 nitrogen and oxygen atoms in total. The molecule has 2 N–H and O–H groups in total. The Hall–Kier alpha value is -2.35. The number of carbonyl (C=O) groups is 1. The van der Waals surface area contributed by atoms with Crippen molar-refractivity contribution in [2.45, 2.75) is 26.3 Å². The molecule has 0 unspecified atom stereocenters. The molecule has 154 valence electrons. The second kappa shape index (κ2) is 9.73. The van der Waals surface area contributed by atoms with Crippen LogP contribution in [0.3, 0.4) is 0 Å². The first-order valence-electron chi connectivity index (χ1n) is 10.1. The number of phenols is 1. The van der Waals surface area contributed by atoms with Gasteiger partial charge >= 0.3 is 0 Å². The molecule has 2 aliphatic heterocycles. The molecule has 1 aromatic rings. The summed E-state index contributed by atoms with van der Waals surface area (Å²) < 4.78 is 13.5. The zero-order chi connectivity index (χ0) is 19.9. The van der Waals surface area contributed by atoms with Gasteiger partial charge in [0.1, 0.15) is 0 Å². The molecular weight excluding hydrogens is 361 g/mol. The van der Waals surface area contributed by atoms with Crippen LogP contribution in [-0.2, 0) is 11.3 Å². The van der Waals surface area contributed by atoms with E-state index in [9.17, 15) is 14.3 Å². The van der Waals surface area contributed by atoms with E-state index in [0.29, 0.717) is 18.7 Å². The summed E-state index contributed by atoms with van der Waals surface area (Å²) in [5.41, 5.74) is 0.709. The minimum Gasteiger partial charge on any atom is -0.505 e. The first-order valence-corrected chi connectivity index (χ1v) is 10.1. The van der Waals surface area contributed by atoms with Crippen molar-refractivity contribution in [3.8, 4) is 5.75 Å². The summed E-state index contributed by atoms with van der Waals surface area (Å²) >= 11 is 0. The minimum absolute atomic E-state index is 0.237. The fraction of sp³-hybridized carbons (Fsp3) is 0.600. The number of likely N-dealkylation sites (tertiary alicyclic amines) is 1. The van der Waals surface area contributed by atoms with Crippen LogP contribution in [0.4, 0.5) is 4.39 Å². The van der Waals surface area contributed by atoms with E-state index in [4.69, 9.17) is 0 Å². The number of hydrogen-bond donors (Lipinski definition) is 2. The van der Waals surface area contributed by atoms with Gasteiger partial charge in [-0.05, 0) is 37.5 Å². The van der Waals surface area contributed by atoms with Gasteiger partial charge in [-0.25, -0.2) is 9.38 Å². The molecule has 2 heterocycles. The summed E-state index contributed by atoms with van der Waals surface area (Å²) in [6, 6.07) is 4.33. The maximum atomic E-state index is 13.5. The summed E-state index contributed by atoms with van der Waals surface area (Å²) in [4.78, 5) is 23.3. The van der Waals surface area contributed by atoms with Gasteiger partial charge in [-0.3, -0.25) is 9.69 Å². The average Bonchev–Trinajstić information content (AvgIpc) is 3.23. The van der Waals surface area contributed by atoms with Gasteiger partial charge in [0.05, 0.1) is 13.1 Å². The lowest BCUT2D eigenvalue weighted by molar-refractivity contribution is -0.131. The van der Waals surface area contributed by atoms with Crippen LogP contribution in [0.5, 0.6) is 5.75 Å². The number of amides is 1. The zero-order valence-corrected chi connectivity index (χ0v) is 16.5. The van der Waals surface area contributed by atoms with Crippen molar-refractivity contribution < 1.29 is 14.3 Å². The van der Waals surface area contributed by atoms with E-state index in [1.807, 2.05) is 11.8 Å². The van der Waals surface area contributed by atoms with E-state index in [1.165, 1.54) is 12.1 Å². The second-order valence-electron chi connectivity index (χ2n) is 7.31. The highest BCUT2D eigenvalue weighted by Gasteiger charge is 2.24. The molecule has 0 bridgehead atoms. The van der Waals surface area contributed by atoms with E-state index < -0.39 is 5.82 Å². The van der Waals surface area contributed by atoms with Gasteiger partial charge in [0.25, 0.3) is 0 Å². The van der Waals surface area contributed by atoms with Gasteiger partial charge in [0.15, 0.2) is 17.5 Å². The van der Waals surface area contributed by atoms with Crippen molar-refractivity contribution >= 4 is 11.9 Å². The van der Waals surface area contributed by atoms with Crippen molar-refractivity contribution in [2.24, 2.45) is 4.99 Å². The monoisotopic (exact) mass is 391 g/mol. The molecule has 2 aliphatic rings. The summed E-state index contributed by atoms with van der Waals surface area (Å²) in [7, 11) is 0. The number of benzene rings is 1. The Morgan fingerprint density at radius 3 is 2.50 bits per heavy atom. The topological polar surface area (TPSA) is 71.4 Å². The van der Waals surface area contributed by atoms with Crippen LogP contribution in [0.15, 0.2) is 23.2 Å². The fourth-order valence-corrected chi connectivity index (χ4v) is 3.62. The summed E-state index contributed by atoms with van der Waals surface area (Å²) in [5.74, 6) is 0.0515.